The Morgan fingerprint density at radius 2 is 0.962 bits per heavy atom. The number of aromatic nitrogens is 8. The summed E-state index contributed by atoms with van der Waals surface area (Å²) in [5.41, 5.74) is -7.10. The minimum absolute atomic E-state index is 0. The number of aromatic amines is 2. The summed E-state index contributed by atoms with van der Waals surface area (Å²) in [6.45, 7) is -1.46. The van der Waals surface area contributed by atoms with E-state index < -0.39 is 84.3 Å². The third kappa shape index (κ3) is 9.13. The van der Waals surface area contributed by atoms with Crippen LogP contribution >= 0.6 is 0 Å². The van der Waals surface area contributed by atoms with Crippen LogP contribution in [-0.4, -0.2) is 170 Å². The topological polar surface area (TPSA) is 568 Å². The van der Waals surface area contributed by atoms with E-state index in [4.69, 9.17) is 19.7 Å². The predicted octanol–water partition coefficient (Wildman–Crippen LogP) is -20.5. The quantitative estimate of drug-likeness (QED) is 0.0840. The summed E-state index contributed by atoms with van der Waals surface area (Å²) in [6, 6.07) is 0. The van der Waals surface area contributed by atoms with Gasteiger partial charge in [-0.25, -0.2) is 19.9 Å². The van der Waals surface area contributed by atoms with Gasteiger partial charge in [-0.2, -0.15) is 0 Å². The van der Waals surface area contributed by atoms with Crippen molar-refractivity contribution >= 4 is 34.3 Å². The molecule has 0 aromatic carbocycles. The van der Waals surface area contributed by atoms with E-state index in [-0.39, 0.29) is 120 Å². The van der Waals surface area contributed by atoms with Gasteiger partial charge in [0.15, 0.2) is 22.3 Å². The number of hydrogen-bond acceptors (Lipinski definition) is 18. The monoisotopic (exact) mass is 794 g/mol. The van der Waals surface area contributed by atoms with E-state index in [1.165, 1.54) is 0 Å². The van der Waals surface area contributed by atoms with Crippen molar-refractivity contribution in [1.82, 2.24) is 39.0 Å². The van der Waals surface area contributed by atoms with Crippen LogP contribution in [0.5, 0.6) is 0 Å². The van der Waals surface area contributed by atoms with Gasteiger partial charge in [0.25, 0.3) is 11.1 Å². The minimum atomic E-state index is -2.57. The Morgan fingerprint density at radius 3 is 1.21 bits per heavy atom. The van der Waals surface area contributed by atoms with Gasteiger partial charge >= 0.3 is 59.1 Å². The number of nitrogens with zero attached hydrogens (tertiary/aromatic N) is 6. The van der Waals surface area contributed by atoms with Crippen LogP contribution in [0.1, 0.15) is 0 Å². The molecule has 292 valence electrons. The number of imidazole rings is 2. The number of ether oxygens (including phenoxy) is 2. The molecule has 2 aliphatic rings. The second-order valence-electron chi connectivity index (χ2n) is 9.55. The normalized spacial score (nSPS) is 26.3. The number of carboxylic acid groups (broad SMARTS) is 2. The van der Waals surface area contributed by atoms with Crippen LogP contribution in [0.2, 0.25) is 0 Å². The van der Waals surface area contributed by atoms with Gasteiger partial charge < -0.3 is 108 Å². The maximum absolute atomic E-state index is 11.6. The van der Waals surface area contributed by atoms with Gasteiger partial charge in [-0.1, -0.05) is 0 Å². The first-order valence-corrected chi connectivity index (χ1v) is 12.4. The summed E-state index contributed by atoms with van der Waals surface area (Å²) >= 11 is 0. The molecular weight excluding hydrogens is 758 g/mol. The molecule has 0 spiro atoms. The van der Waals surface area contributed by atoms with E-state index >= 15 is 0 Å². The molecule has 0 radical (unpaired) electrons. The predicted molar refractivity (Wildman–Crippen MR) is 156 cm³/mol. The summed E-state index contributed by atoms with van der Waals surface area (Å²) in [7, 11) is 0. The summed E-state index contributed by atoms with van der Waals surface area (Å²) in [5, 5.41) is 81.3. The number of aliphatic hydroxyl groups excluding tert-OH is 6. The van der Waals surface area contributed by atoms with Crippen molar-refractivity contribution in [3.05, 3.63) is 46.0 Å². The maximum Gasteiger partial charge on any atom is 1.00 e. The molecule has 4 aromatic rings. The molecule has 2 fully saturated rings. The molecule has 4 aromatic heterocycles. The molecule has 0 saturated carbocycles. The molecule has 53 heavy (non-hydrogen) atoms. The second-order valence-corrected chi connectivity index (χ2v) is 9.55. The fourth-order valence-electron chi connectivity index (χ4n) is 5.01. The summed E-state index contributed by atoms with van der Waals surface area (Å²) in [5.74, 6) is -3.76. The Kier molecular flexibility index (Phi) is 25.1. The average molecular weight is 795 g/mol. The van der Waals surface area contributed by atoms with Crippen molar-refractivity contribution in [1.29, 1.82) is 0 Å². The zero-order chi connectivity index (χ0) is 32.1. The molecular formula is C22H36N8Na2O21. The van der Waals surface area contributed by atoms with E-state index in [0.717, 1.165) is 34.4 Å². The molecule has 2 aliphatic heterocycles. The van der Waals surface area contributed by atoms with Gasteiger partial charge in [-0.05, 0) is 0 Å². The SMILES string of the molecule is O.O.O.O.O.O.O.O=C([O-])[C@@]1(n2cnc3c(=O)[nH]cnc32)O[C@H](CO)[C@@H](O)[C@H]1O.O=C([O-])[C@@]1(n2cnc3c(=O)[nH]cnc32)O[C@H](CO)[C@@H](O)[C@H]1O.[Na+].[Na+]. The van der Waals surface area contributed by atoms with Crippen LogP contribution in [0, 0.1) is 0 Å². The first kappa shape index (κ1) is 59.3. The van der Waals surface area contributed by atoms with Gasteiger partial charge in [0.1, 0.15) is 49.3 Å². The number of rotatable bonds is 6. The molecule has 22 N–H and O–H groups in total. The number of aliphatic carboxylic acids is 2. The first-order chi connectivity index (χ1) is 20.9. The van der Waals surface area contributed by atoms with Crippen LogP contribution in [0.3, 0.4) is 0 Å². The fraction of sp³-hybridized carbons (Fsp3) is 0.455. The molecule has 2 saturated heterocycles. The van der Waals surface area contributed by atoms with Gasteiger partial charge in [0.2, 0.25) is 11.4 Å². The van der Waals surface area contributed by atoms with Crippen LogP contribution < -0.4 is 80.4 Å². The van der Waals surface area contributed by atoms with Crippen LogP contribution in [-0.2, 0) is 30.5 Å². The van der Waals surface area contributed by atoms with E-state index in [2.05, 4.69) is 29.9 Å². The molecule has 8 atom stereocenters. The third-order valence-corrected chi connectivity index (χ3v) is 7.21. The van der Waals surface area contributed by atoms with E-state index in [1.807, 2.05) is 0 Å². The molecule has 6 heterocycles. The molecule has 6 rings (SSSR count). The standard InChI is InChI=1S/2C11H12N4O7.2Na.7H2O/c2*16-1-4-6(17)7(18)11(22-4,10(20)21)15-3-14-5-8(15)12-2-13-9(5)19;;;;;;;;;/h2*2-4,6-7,16-18H,1H2,(H,20,21)(H,12,13,19);;;7*1H2/q;;2*+1;;;;;;;/p-2/t2*4-,6-,7-,11+;;;;;;;;;/m11........./s1. The Morgan fingerprint density at radius 1 is 0.660 bits per heavy atom. The van der Waals surface area contributed by atoms with Crippen LogP contribution in [0.25, 0.3) is 22.3 Å². The number of hydrogen-bond donors (Lipinski definition) is 8. The smallest absolute Gasteiger partial charge is 0.545 e. The van der Waals surface area contributed by atoms with E-state index in [9.17, 15) is 49.8 Å². The number of aliphatic hydroxyl groups is 6. The number of nitrogens with one attached hydrogen (secondary N) is 2. The fourth-order valence-corrected chi connectivity index (χ4v) is 5.01. The largest absolute Gasteiger partial charge is 1.00 e. The first-order valence-electron chi connectivity index (χ1n) is 12.4. The Bertz CT molecular complexity index is 1730. The van der Waals surface area contributed by atoms with E-state index in [1.54, 1.807) is 0 Å². The second kappa shape index (κ2) is 22.4. The molecule has 29 nitrogen and oxygen atoms in total. The zero-order valence-electron chi connectivity index (χ0n) is 27.3. The summed E-state index contributed by atoms with van der Waals surface area (Å²) < 4.78 is 11.8. The number of carbonyl (C=O) groups excluding carboxylic acids is 2. The number of carboxylic acids is 2. The van der Waals surface area contributed by atoms with Crippen molar-refractivity contribution in [2.75, 3.05) is 13.2 Å². The molecule has 0 amide bonds. The van der Waals surface area contributed by atoms with Gasteiger partial charge in [-0.15, -0.1) is 0 Å². The Labute approximate surface area is 336 Å². The van der Waals surface area contributed by atoms with Crippen molar-refractivity contribution in [2.45, 2.75) is 48.1 Å². The third-order valence-electron chi connectivity index (χ3n) is 7.21. The van der Waals surface area contributed by atoms with Gasteiger partial charge in [0.05, 0.1) is 37.8 Å². The van der Waals surface area contributed by atoms with Crippen molar-refractivity contribution in [2.24, 2.45) is 0 Å². The molecule has 0 unspecified atom stereocenters. The zero-order valence-corrected chi connectivity index (χ0v) is 31.3. The maximum atomic E-state index is 11.6. The summed E-state index contributed by atoms with van der Waals surface area (Å²) in [4.78, 5) is 66.1. The van der Waals surface area contributed by atoms with Crippen molar-refractivity contribution in [3.63, 3.8) is 0 Å². The van der Waals surface area contributed by atoms with Gasteiger partial charge in [0, 0.05) is 0 Å². The van der Waals surface area contributed by atoms with Gasteiger partial charge in [-0.3, -0.25) is 18.7 Å². The molecule has 0 aliphatic carbocycles. The van der Waals surface area contributed by atoms with Crippen LogP contribution in [0.4, 0.5) is 0 Å². The van der Waals surface area contributed by atoms with E-state index in [0.29, 0.717) is 0 Å². The number of carbonyl (C=O) groups is 2. The number of fused-ring (bicyclic) bond motifs is 2. The number of H-pyrrole nitrogens is 2. The van der Waals surface area contributed by atoms with Crippen LogP contribution in [0.15, 0.2) is 34.9 Å². The molecule has 0 bridgehead atoms. The minimum Gasteiger partial charge on any atom is -0.545 e. The Hall–Kier alpha value is -2.96. The average Bonchev–Trinajstić information content (AvgIpc) is 3.75. The van der Waals surface area contributed by atoms with Crippen molar-refractivity contribution < 1.29 is 157 Å². The Balaban J connectivity index is -0.000000248. The van der Waals surface area contributed by atoms with Crippen molar-refractivity contribution in [3.8, 4) is 0 Å². The molecule has 31 heteroatoms. The summed E-state index contributed by atoms with van der Waals surface area (Å²) in [6.07, 6.45) is -6.09.